The first kappa shape index (κ1) is 14.4. The molecule has 0 aliphatic carbocycles. The van der Waals surface area contributed by atoms with Crippen molar-refractivity contribution < 1.29 is 13.5 Å². The smallest absolute Gasteiger partial charge is 0.137 e. The van der Waals surface area contributed by atoms with Crippen molar-refractivity contribution in [3.63, 3.8) is 0 Å². The number of nitrogens with two attached hydrogens (primary N) is 1. The Morgan fingerprint density at radius 1 is 1.25 bits per heavy atom. The average Bonchev–Trinajstić information content (AvgIpc) is 2.47. The van der Waals surface area contributed by atoms with E-state index in [0.29, 0.717) is 17.9 Å². The van der Waals surface area contributed by atoms with Gasteiger partial charge in [-0.05, 0) is 36.2 Å². The van der Waals surface area contributed by atoms with Crippen LogP contribution in [-0.4, -0.2) is 11.6 Å². The van der Waals surface area contributed by atoms with Crippen molar-refractivity contribution in [1.29, 1.82) is 0 Å². The molecule has 1 heterocycles. The van der Waals surface area contributed by atoms with Gasteiger partial charge in [0, 0.05) is 11.8 Å². The van der Waals surface area contributed by atoms with Crippen LogP contribution < -0.4 is 10.5 Å². The molecule has 106 valence electrons. The summed E-state index contributed by atoms with van der Waals surface area (Å²) in [5.74, 6) is -0.501. The predicted molar refractivity (Wildman–Crippen MR) is 72.4 cm³/mol. The number of halogens is 2. The van der Waals surface area contributed by atoms with E-state index in [1.54, 1.807) is 12.3 Å². The van der Waals surface area contributed by atoms with E-state index in [0.717, 1.165) is 24.6 Å². The van der Waals surface area contributed by atoms with Crippen molar-refractivity contribution in [2.24, 2.45) is 5.73 Å². The SMILES string of the molecule is CCCOc1cncc(C(N)c2cc(F)ccc2F)c1. The van der Waals surface area contributed by atoms with Crippen LogP contribution in [0.1, 0.15) is 30.5 Å². The average molecular weight is 278 g/mol. The first-order chi connectivity index (χ1) is 9.61. The molecule has 20 heavy (non-hydrogen) atoms. The second kappa shape index (κ2) is 6.43. The molecule has 1 aromatic carbocycles. The Morgan fingerprint density at radius 3 is 2.80 bits per heavy atom. The zero-order valence-electron chi connectivity index (χ0n) is 11.1. The van der Waals surface area contributed by atoms with Gasteiger partial charge in [-0.1, -0.05) is 6.92 Å². The Kier molecular flexibility index (Phi) is 4.63. The maximum atomic E-state index is 13.7. The molecule has 0 aliphatic heterocycles. The number of hydrogen-bond acceptors (Lipinski definition) is 3. The second-order valence-corrected chi connectivity index (χ2v) is 4.45. The summed E-state index contributed by atoms with van der Waals surface area (Å²) in [4.78, 5) is 4.02. The maximum Gasteiger partial charge on any atom is 0.137 e. The molecule has 0 spiro atoms. The van der Waals surface area contributed by atoms with E-state index in [9.17, 15) is 8.78 Å². The normalized spacial score (nSPS) is 12.2. The zero-order chi connectivity index (χ0) is 14.5. The topological polar surface area (TPSA) is 48.1 Å². The first-order valence-corrected chi connectivity index (χ1v) is 6.40. The monoisotopic (exact) mass is 278 g/mol. The summed E-state index contributed by atoms with van der Waals surface area (Å²) in [5, 5.41) is 0. The van der Waals surface area contributed by atoms with E-state index in [-0.39, 0.29) is 5.56 Å². The zero-order valence-corrected chi connectivity index (χ0v) is 11.1. The van der Waals surface area contributed by atoms with Gasteiger partial charge in [0.1, 0.15) is 17.4 Å². The Morgan fingerprint density at radius 2 is 2.05 bits per heavy atom. The van der Waals surface area contributed by atoms with Crippen molar-refractivity contribution in [3.05, 3.63) is 59.4 Å². The van der Waals surface area contributed by atoms with E-state index < -0.39 is 17.7 Å². The number of pyridine rings is 1. The fraction of sp³-hybridized carbons (Fsp3) is 0.267. The van der Waals surface area contributed by atoms with Crippen molar-refractivity contribution >= 4 is 0 Å². The van der Waals surface area contributed by atoms with Gasteiger partial charge in [-0.15, -0.1) is 0 Å². The van der Waals surface area contributed by atoms with Crippen LogP contribution in [0.3, 0.4) is 0 Å². The van der Waals surface area contributed by atoms with E-state index in [2.05, 4.69) is 4.98 Å². The molecular weight excluding hydrogens is 262 g/mol. The summed E-state index contributed by atoms with van der Waals surface area (Å²) >= 11 is 0. The highest BCUT2D eigenvalue weighted by Gasteiger charge is 2.15. The first-order valence-electron chi connectivity index (χ1n) is 6.40. The Balaban J connectivity index is 2.28. The summed E-state index contributed by atoms with van der Waals surface area (Å²) in [6.45, 7) is 2.56. The van der Waals surface area contributed by atoms with Crippen LogP contribution in [0.4, 0.5) is 8.78 Å². The number of aromatic nitrogens is 1. The molecule has 0 saturated heterocycles. The standard InChI is InChI=1S/C15H16F2N2O/c1-2-5-20-12-6-10(8-19-9-12)15(18)13-7-11(16)3-4-14(13)17/h3-4,6-9,15H,2,5,18H2,1H3. The van der Waals surface area contributed by atoms with Crippen molar-refractivity contribution in [2.45, 2.75) is 19.4 Å². The van der Waals surface area contributed by atoms with Gasteiger partial charge >= 0.3 is 0 Å². The quantitative estimate of drug-likeness (QED) is 0.913. The fourth-order valence-corrected chi connectivity index (χ4v) is 1.84. The number of benzene rings is 1. The largest absolute Gasteiger partial charge is 0.492 e. The molecule has 5 heteroatoms. The third-order valence-corrected chi connectivity index (χ3v) is 2.86. The highest BCUT2D eigenvalue weighted by atomic mass is 19.1. The van der Waals surface area contributed by atoms with Crippen LogP contribution in [0.5, 0.6) is 5.75 Å². The molecule has 2 rings (SSSR count). The van der Waals surface area contributed by atoms with Crippen LogP contribution >= 0.6 is 0 Å². The minimum Gasteiger partial charge on any atom is -0.492 e. The van der Waals surface area contributed by atoms with E-state index >= 15 is 0 Å². The van der Waals surface area contributed by atoms with Gasteiger partial charge in [0.15, 0.2) is 0 Å². The van der Waals surface area contributed by atoms with Gasteiger partial charge in [0.25, 0.3) is 0 Å². The molecular formula is C15H16F2N2O. The molecule has 3 nitrogen and oxygen atoms in total. The molecule has 0 bridgehead atoms. The van der Waals surface area contributed by atoms with Gasteiger partial charge in [0.2, 0.25) is 0 Å². The minimum atomic E-state index is -0.789. The Labute approximate surface area is 116 Å². The van der Waals surface area contributed by atoms with Gasteiger partial charge in [-0.2, -0.15) is 0 Å². The fourth-order valence-electron chi connectivity index (χ4n) is 1.84. The highest BCUT2D eigenvalue weighted by molar-refractivity contribution is 5.34. The van der Waals surface area contributed by atoms with Gasteiger partial charge < -0.3 is 10.5 Å². The molecule has 0 fully saturated rings. The lowest BCUT2D eigenvalue weighted by Crippen LogP contribution is -2.14. The third-order valence-electron chi connectivity index (χ3n) is 2.86. The van der Waals surface area contributed by atoms with E-state index in [1.807, 2.05) is 6.92 Å². The molecule has 0 saturated carbocycles. The summed E-state index contributed by atoms with van der Waals surface area (Å²) in [7, 11) is 0. The van der Waals surface area contributed by atoms with Gasteiger partial charge in [-0.3, -0.25) is 4.98 Å². The molecule has 1 atom stereocenters. The minimum absolute atomic E-state index is 0.0967. The van der Waals surface area contributed by atoms with Crippen LogP contribution in [0.15, 0.2) is 36.7 Å². The lowest BCUT2D eigenvalue weighted by molar-refractivity contribution is 0.315. The lowest BCUT2D eigenvalue weighted by atomic mass is 10.0. The van der Waals surface area contributed by atoms with Crippen LogP contribution in [0, 0.1) is 11.6 Å². The lowest BCUT2D eigenvalue weighted by Gasteiger charge is -2.14. The van der Waals surface area contributed by atoms with Gasteiger partial charge in [0.05, 0.1) is 18.8 Å². The molecule has 1 aromatic heterocycles. The van der Waals surface area contributed by atoms with E-state index in [4.69, 9.17) is 10.5 Å². The maximum absolute atomic E-state index is 13.7. The number of rotatable bonds is 5. The summed E-state index contributed by atoms with van der Waals surface area (Å²) in [6.07, 6.45) is 3.95. The number of nitrogens with zero attached hydrogens (tertiary/aromatic N) is 1. The highest BCUT2D eigenvalue weighted by Crippen LogP contribution is 2.25. The molecule has 0 aliphatic rings. The van der Waals surface area contributed by atoms with Crippen LogP contribution in [0.2, 0.25) is 0 Å². The van der Waals surface area contributed by atoms with Gasteiger partial charge in [-0.25, -0.2) is 8.78 Å². The van der Waals surface area contributed by atoms with Crippen LogP contribution in [-0.2, 0) is 0 Å². The predicted octanol–water partition coefficient (Wildman–Crippen LogP) is 3.20. The van der Waals surface area contributed by atoms with Crippen molar-refractivity contribution in [3.8, 4) is 5.75 Å². The molecule has 0 amide bonds. The Bertz CT molecular complexity index is 590. The van der Waals surface area contributed by atoms with Crippen LogP contribution in [0.25, 0.3) is 0 Å². The summed E-state index contributed by atoms with van der Waals surface area (Å²) in [6, 6.07) is 4.13. The molecule has 2 aromatic rings. The van der Waals surface area contributed by atoms with Crippen molar-refractivity contribution in [1.82, 2.24) is 4.98 Å². The third kappa shape index (κ3) is 3.30. The number of hydrogen-bond donors (Lipinski definition) is 1. The second-order valence-electron chi connectivity index (χ2n) is 4.45. The molecule has 1 unspecified atom stereocenters. The summed E-state index contributed by atoms with van der Waals surface area (Å²) < 4.78 is 32.4. The van der Waals surface area contributed by atoms with Crippen molar-refractivity contribution in [2.75, 3.05) is 6.61 Å². The Hall–Kier alpha value is -2.01. The van der Waals surface area contributed by atoms with E-state index in [1.165, 1.54) is 6.20 Å². The summed E-state index contributed by atoms with van der Waals surface area (Å²) in [5.41, 5.74) is 6.65. The molecule has 0 radical (unpaired) electrons. The number of ether oxygens (including phenoxy) is 1. The molecule has 2 N–H and O–H groups in total.